The minimum Gasteiger partial charge on any atom is -0.305 e. The normalized spacial score (nSPS) is 13.0. The molecule has 182 valence electrons. The summed E-state index contributed by atoms with van der Waals surface area (Å²) in [7, 11) is -3.29. The lowest BCUT2D eigenvalue weighted by Gasteiger charge is -2.18. The van der Waals surface area contributed by atoms with E-state index in [4.69, 9.17) is 15.5 Å². The average Bonchev–Trinajstić information content (AvgIpc) is 2.82. The molecule has 0 heterocycles. The second-order valence-corrected chi connectivity index (χ2v) is 10.8. The van der Waals surface area contributed by atoms with Crippen molar-refractivity contribution in [2.45, 2.75) is 116 Å². The summed E-state index contributed by atoms with van der Waals surface area (Å²) < 4.78 is 24.5. The summed E-state index contributed by atoms with van der Waals surface area (Å²) >= 11 is 0. The van der Waals surface area contributed by atoms with E-state index >= 15 is 0 Å². The molecule has 0 radical (unpaired) electrons. The molecule has 1 unspecified atom stereocenters. The summed E-state index contributed by atoms with van der Waals surface area (Å²) in [4.78, 5) is 0. The van der Waals surface area contributed by atoms with Gasteiger partial charge >= 0.3 is 7.60 Å². The third kappa shape index (κ3) is 14.9. The molecule has 1 aromatic carbocycles. The maximum absolute atomic E-state index is 13.1. The fraction of sp³-hybridized carbons (Fsp3) is 0.714. The molecule has 0 saturated heterocycles. The van der Waals surface area contributed by atoms with Gasteiger partial charge in [-0.3, -0.25) is 4.57 Å². The summed E-state index contributed by atoms with van der Waals surface area (Å²) in [5.74, 6) is 2.52. The van der Waals surface area contributed by atoms with Gasteiger partial charge in [-0.2, -0.15) is 0 Å². The Morgan fingerprint density at radius 2 is 1.12 bits per heavy atom. The third-order valence-electron chi connectivity index (χ3n) is 5.84. The Kier molecular flexibility index (Phi) is 18.6. The molecule has 0 spiro atoms. The van der Waals surface area contributed by atoms with Crippen LogP contribution in [0.2, 0.25) is 0 Å². The molecule has 0 saturated carbocycles. The molecule has 0 amide bonds. The maximum Gasteiger partial charge on any atom is 0.361 e. The van der Waals surface area contributed by atoms with Gasteiger partial charge in [-0.1, -0.05) is 121 Å². The van der Waals surface area contributed by atoms with E-state index < -0.39 is 7.60 Å². The minimum atomic E-state index is -3.29. The molecular weight excluding hydrogens is 415 g/mol. The molecule has 0 fully saturated rings. The highest BCUT2D eigenvalue weighted by atomic mass is 31.2. The van der Waals surface area contributed by atoms with E-state index in [2.05, 4.69) is 12.8 Å². The topological polar surface area (TPSA) is 35.5 Å². The van der Waals surface area contributed by atoms with Crippen LogP contribution in [-0.2, 0) is 13.6 Å². The first-order chi connectivity index (χ1) is 15.7. The van der Waals surface area contributed by atoms with Gasteiger partial charge < -0.3 is 9.05 Å². The Labute approximate surface area is 198 Å². The number of hydrogen-bond donors (Lipinski definition) is 0. The zero-order chi connectivity index (χ0) is 23.2. The molecular formula is C28H47O3P. The minimum absolute atomic E-state index is 0.252. The average molecular weight is 463 g/mol. The van der Waals surface area contributed by atoms with Crippen LogP contribution in [0.1, 0.15) is 116 Å². The Bertz CT molecular complexity index is 623. The Balaban J connectivity index is 1.99. The van der Waals surface area contributed by atoms with E-state index in [0.29, 0.717) is 18.3 Å². The zero-order valence-corrected chi connectivity index (χ0v) is 21.5. The second kappa shape index (κ2) is 20.5. The van der Waals surface area contributed by atoms with Gasteiger partial charge in [0.1, 0.15) is 0 Å². The van der Waals surface area contributed by atoms with Gasteiger partial charge in [0, 0.05) is 6.42 Å². The van der Waals surface area contributed by atoms with Crippen molar-refractivity contribution in [2.24, 2.45) is 0 Å². The fourth-order valence-electron chi connectivity index (χ4n) is 3.86. The Hall–Kier alpha value is -1.07. The molecule has 3 nitrogen and oxygen atoms in total. The molecule has 1 rings (SSSR count). The molecule has 0 aliphatic heterocycles. The van der Waals surface area contributed by atoms with Gasteiger partial charge in [0.05, 0.1) is 18.5 Å². The number of hydrogen-bond acceptors (Lipinski definition) is 3. The molecule has 1 atom stereocenters. The van der Waals surface area contributed by atoms with Crippen molar-refractivity contribution < 1.29 is 13.6 Å². The van der Waals surface area contributed by atoms with E-state index in [9.17, 15) is 4.57 Å². The number of benzene rings is 1. The standard InChI is InChI=1S/C28H47O3P/c1-3-5-7-8-9-10-11-12-13-14-15-16-17-18-19-23-27-31-32(29,30-26-6-4-2)28-24-21-20-22-25-28/h2,20-22,24-25H,3,5-19,23,26-27H2,1H3. The largest absolute Gasteiger partial charge is 0.361 e. The van der Waals surface area contributed by atoms with Crippen LogP contribution in [0.5, 0.6) is 0 Å². The highest BCUT2D eigenvalue weighted by molar-refractivity contribution is 7.62. The molecule has 4 heteroatoms. The first kappa shape index (κ1) is 29.0. The number of rotatable bonds is 22. The van der Waals surface area contributed by atoms with Crippen LogP contribution in [-0.4, -0.2) is 13.2 Å². The molecule has 32 heavy (non-hydrogen) atoms. The van der Waals surface area contributed by atoms with Crippen LogP contribution in [0, 0.1) is 12.3 Å². The van der Waals surface area contributed by atoms with Crippen LogP contribution in [0.15, 0.2) is 30.3 Å². The van der Waals surface area contributed by atoms with Crippen molar-refractivity contribution in [3.05, 3.63) is 30.3 Å². The second-order valence-electron chi connectivity index (χ2n) is 8.76. The zero-order valence-electron chi connectivity index (χ0n) is 20.6. The van der Waals surface area contributed by atoms with Gasteiger partial charge in [0.2, 0.25) is 0 Å². The highest BCUT2D eigenvalue weighted by Crippen LogP contribution is 2.47. The highest BCUT2D eigenvalue weighted by Gasteiger charge is 2.26. The Morgan fingerprint density at radius 3 is 1.59 bits per heavy atom. The fourth-order valence-corrected chi connectivity index (χ4v) is 5.47. The van der Waals surface area contributed by atoms with E-state index in [1.165, 1.54) is 89.9 Å². The van der Waals surface area contributed by atoms with Gasteiger partial charge in [-0.05, 0) is 18.6 Å². The number of terminal acetylenes is 1. The molecule has 0 aromatic heterocycles. The van der Waals surface area contributed by atoms with Crippen LogP contribution in [0.25, 0.3) is 0 Å². The van der Waals surface area contributed by atoms with Gasteiger partial charge in [-0.15, -0.1) is 12.3 Å². The Morgan fingerprint density at radius 1 is 0.688 bits per heavy atom. The molecule has 0 aliphatic carbocycles. The van der Waals surface area contributed by atoms with E-state index in [-0.39, 0.29) is 6.61 Å². The smallest absolute Gasteiger partial charge is 0.305 e. The van der Waals surface area contributed by atoms with Crippen molar-refractivity contribution in [3.8, 4) is 12.3 Å². The third-order valence-corrected chi connectivity index (χ3v) is 7.81. The predicted molar refractivity (Wildman–Crippen MR) is 139 cm³/mol. The summed E-state index contributed by atoms with van der Waals surface area (Å²) in [6.45, 7) is 2.99. The summed E-state index contributed by atoms with van der Waals surface area (Å²) in [5.41, 5.74) is 0. The van der Waals surface area contributed by atoms with Gasteiger partial charge in [0.25, 0.3) is 0 Å². The van der Waals surface area contributed by atoms with Gasteiger partial charge in [-0.25, -0.2) is 0 Å². The van der Waals surface area contributed by atoms with Crippen molar-refractivity contribution in [2.75, 3.05) is 13.2 Å². The number of unbranched alkanes of at least 4 members (excludes halogenated alkanes) is 15. The van der Waals surface area contributed by atoms with Crippen LogP contribution in [0.4, 0.5) is 0 Å². The maximum atomic E-state index is 13.1. The van der Waals surface area contributed by atoms with Crippen LogP contribution < -0.4 is 5.30 Å². The van der Waals surface area contributed by atoms with Crippen molar-refractivity contribution in [3.63, 3.8) is 0 Å². The van der Waals surface area contributed by atoms with Crippen LogP contribution >= 0.6 is 7.60 Å². The quantitative estimate of drug-likeness (QED) is 0.0981. The molecule has 0 aliphatic rings. The monoisotopic (exact) mass is 462 g/mol. The molecule has 1 aromatic rings. The summed E-state index contributed by atoms with van der Waals surface area (Å²) in [6.07, 6.45) is 27.0. The van der Waals surface area contributed by atoms with Crippen molar-refractivity contribution in [1.29, 1.82) is 0 Å². The lowest BCUT2D eigenvalue weighted by atomic mass is 10.0. The van der Waals surface area contributed by atoms with Gasteiger partial charge in [0.15, 0.2) is 0 Å². The predicted octanol–water partition coefficient (Wildman–Crippen LogP) is 8.82. The van der Waals surface area contributed by atoms with E-state index in [1.54, 1.807) is 12.1 Å². The summed E-state index contributed by atoms with van der Waals surface area (Å²) in [6, 6.07) is 9.19. The summed E-state index contributed by atoms with van der Waals surface area (Å²) in [5, 5.41) is 0.605. The first-order valence-electron chi connectivity index (χ1n) is 13.1. The SMILES string of the molecule is C#CCCOP(=O)(OCCCCCCCCCCCCCCCCCC)c1ccccc1. The van der Waals surface area contributed by atoms with E-state index in [1.807, 2.05) is 18.2 Å². The lowest BCUT2D eigenvalue weighted by Crippen LogP contribution is -2.11. The van der Waals surface area contributed by atoms with Crippen molar-refractivity contribution in [1.82, 2.24) is 0 Å². The lowest BCUT2D eigenvalue weighted by molar-refractivity contribution is 0.213. The van der Waals surface area contributed by atoms with Crippen molar-refractivity contribution >= 4 is 12.9 Å². The molecule has 0 N–H and O–H groups in total. The van der Waals surface area contributed by atoms with Crippen LogP contribution in [0.3, 0.4) is 0 Å². The first-order valence-corrected chi connectivity index (χ1v) is 14.7. The molecule has 0 bridgehead atoms. The van der Waals surface area contributed by atoms with E-state index in [0.717, 1.165) is 12.8 Å².